The fourth-order valence-corrected chi connectivity index (χ4v) is 4.04. The van der Waals surface area contributed by atoms with Crippen LogP contribution in [0.3, 0.4) is 0 Å². The van der Waals surface area contributed by atoms with Crippen LogP contribution in [0, 0.1) is 0 Å². The first kappa shape index (κ1) is 21.0. The first-order valence-electron chi connectivity index (χ1n) is 8.15. The van der Waals surface area contributed by atoms with Crippen LogP contribution in [0.4, 0.5) is 9.80 Å². The maximum Gasteiger partial charge on any atom is 0.319 e. The molecule has 1 heterocycles. The number of carbonyl (C=O) groups is 2. The minimum atomic E-state index is -0.625. The normalized spacial score (nSPS) is 10.7. The summed E-state index contributed by atoms with van der Waals surface area (Å²) in [7, 11) is 5.44. The third-order valence-corrected chi connectivity index (χ3v) is 5.41. The monoisotopic (exact) mass is 409 g/mol. The van der Waals surface area contributed by atoms with Crippen molar-refractivity contribution in [1.82, 2.24) is 14.6 Å². The highest BCUT2D eigenvalue weighted by atomic mass is 32.2. The Morgan fingerprint density at radius 2 is 2.15 bits per heavy atom. The molecule has 0 spiro atoms. The van der Waals surface area contributed by atoms with Gasteiger partial charge in [-0.2, -0.15) is 4.37 Å². The highest BCUT2D eigenvalue weighted by Gasteiger charge is 2.21. The molecule has 146 valence electrons. The summed E-state index contributed by atoms with van der Waals surface area (Å²) in [4.78, 5) is 25.8. The summed E-state index contributed by atoms with van der Waals surface area (Å²) in [6, 6.07) is 7.25. The first-order chi connectivity index (χ1) is 12.9. The van der Waals surface area contributed by atoms with Crippen molar-refractivity contribution < 1.29 is 14.3 Å². The Bertz CT molecular complexity index is 795. The maximum atomic E-state index is 12.0. The average molecular weight is 410 g/mol. The zero-order chi connectivity index (χ0) is 19.8. The van der Waals surface area contributed by atoms with Gasteiger partial charge in [0.2, 0.25) is 0 Å². The highest BCUT2D eigenvalue weighted by Crippen LogP contribution is 2.33. The van der Waals surface area contributed by atoms with E-state index in [1.807, 2.05) is 43.3 Å². The Balaban J connectivity index is 2.03. The lowest BCUT2D eigenvalue weighted by Crippen LogP contribution is -2.34. The predicted molar refractivity (Wildman–Crippen MR) is 109 cm³/mol. The minimum Gasteiger partial charge on any atom is -0.497 e. The summed E-state index contributed by atoms with van der Waals surface area (Å²) in [5.74, 6) is 0.731. The van der Waals surface area contributed by atoms with Crippen LogP contribution >= 0.6 is 23.3 Å². The van der Waals surface area contributed by atoms with E-state index in [1.165, 1.54) is 11.8 Å². The number of nitrogens with two attached hydrogens (primary N) is 1. The highest BCUT2D eigenvalue weighted by molar-refractivity contribution is 7.98. The van der Waals surface area contributed by atoms with E-state index in [4.69, 9.17) is 10.5 Å². The van der Waals surface area contributed by atoms with Gasteiger partial charge in [-0.15, -0.1) is 0 Å². The van der Waals surface area contributed by atoms with E-state index in [-0.39, 0.29) is 5.56 Å². The second-order valence-electron chi connectivity index (χ2n) is 5.88. The average Bonchev–Trinajstić information content (AvgIpc) is 3.02. The van der Waals surface area contributed by atoms with E-state index in [0.717, 1.165) is 22.8 Å². The molecular weight excluding hydrogens is 386 g/mol. The molecule has 3 amide bonds. The number of anilines is 1. The second-order valence-corrected chi connectivity index (χ2v) is 7.62. The van der Waals surface area contributed by atoms with E-state index < -0.39 is 11.9 Å². The van der Waals surface area contributed by atoms with Crippen LogP contribution in [0.15, 0.2) is 29.3 Å². The lowest BCUT2D eigenvalue weighted by molar-refractivity contribution is 0.0998. The quantitative estimate of drug-likeness (QED) is 0.548. The number of hydrogen-bond acceptors (Lipinski definition) is 7. The van der Waals surface area contributed by atoms with Gasteiger partial charge in [0.05, 0.1) is 7.11 Å². The molecule has 0 aliphatic carbocycles. The maximum absolute atomic E-state index is 12.0. The number of ether oxygens (including phenoxy) is 1. The van der Waals surface area contributed by atoms with Crippen LogP contribution in [-0.2, 0) is 5.75 Å². The van der Waals surface area contributed by atoms with E-state index in [9.17, 15) is 9.59 Å². The number of likely N-dealkylation sites (N-methyl/N-ethyl adjacent to an activating group) is 1. The van der Waals surface area contributed by atoms with Crippen molar-refractivity contribution in [2.24, 2.45) is 5.73 Å². The van der Waals surface area contributed by atoms with Gasteiger partial charge in [-0.3, -0.25) is 10.1 Å². The number of rotatable bonds is 9. The summed E-state index contributed by atoms with van der Waals surface area (Å²) in [5, 5.41) is 6.22. The smallest absolute Gasteiger partial charge is 0.319 e. The molecule has 2 aromatic rings. The van der Waals surface area contributed by atoms with Crippen molar-refractivity contribution in [2.75, 3.05) is 39.6 Å². The van der Waals surface area contributed by atoms with Crippen LogP contribution < -0.4 is 21.1 Å². The Hall–Kier alpha value is -2.30. The van der Waals surface area contributed by atoms with Gasteiger partial charge in [0, 0.05) is 18.8 Å². The van der Waals surface area contributed by atoms with Crippen molar-refractivity contribution in [1.29, 1.82) is 0 Å². The molecule has 0 fully saturated rings. The third-order valence-electron chi connectivity index (χ3n) is 3.49. The number of methoxy groups -OCH3 is 1. The second kappa shape index (κ2) is 10.1. The molecule has 0 radical (unpaired) electrons. The Morgan fingerprint density at radius 3 is 2.81 bits per heavy atom. The van der Waals surface area contributed by atoms with Crippen molar-refractivity contribution in [2.45, 2.75) is 10.8 Å². The van der Waals surface area contributed by atoms with Gasteiger partial charge in [-0.1, -0.05) is 23.9 Å². The molecule has 0 atom stereocenters. The number of carbonyl (C=O) groups excluding carboxylic acids is 2. The number of hydrogen-bond donors (Lipinski definition) is 3. The topological polar surface area (TPSA) is 110 Å². The number of urea groups is 1. The number of aromatic nitrogens is 1. The van der Waals surface area contributed by atoms with Gasteiger partial charge in [-0.05, 0) is 43.3 Å². The molecule has 27 heavy (non-hydrogen) atoms. The minimum absolute atomic E-state index is 0.232. The zero-order valence-electron chi connectivity index (χ0n) is 15.4. The zero-order valence-corrected chi connectivity index (χ0v) is 17.1. The van der Waals surface area contributed by atoms with Crippen molar-refractivity contribution in [3.8, 4) is 5.75 Å². The van der Waals surface area contributed by atoms with Crippen molar-refractivity contribution in [3.63, 3.8) is 0 Å². The molecule has 0 aliphatic heterocycles. The molecule has 0 aliphatic rings. The lowest BCUT2D eigenvalue weighted by atomic mass is 10.2. The number of nitrogens with zero attached hydrogens (tertiary/aromatic N) is 2. The lowest BCUT2D eigenvalue weighted by Gasteiger charge is -2.11. The molecule has 0 unspecified atom stereocenters. The van der Waals surface area contributed by atoms with Crippen molar-refractivity contribution >= 4 is 40.2 Å². The van der Waals surface area contributed by atoms with Gasteiger partial charge >= 0.3 is 6.03 Å². The van der Waals surface area contributed by atoms with Crippen LogP contribution in [0.2, 0.25) is 0 Å². The van der Waals surface area contributed by atoms with Crippen LogP contribution in [0.25, 0.3) is 0 Å². The van der Waals surface area contributed by atoms with Crippen LogP contribution in [0.1, 0.15) is 15.9 Å². The molecular formula is C17H23N5O3S2. The number of thioether (sulfide) groups is 1. The molecule has 0 saturated heterocycles. The first-order valence-corrected chi connectivity index (χ1v) is 9.91. The van der Waals surface area contributed by atoms with E-state index in [1.54, 1.807) is 7.11 Å². The summed E-state index contributed by atoms with van der Waals surface area (Å²) in [6.45, 7) is 1.20. The molecule has 1 aromatic carbocycles. The fourth-order valence-electron chi connectivity index (χ4n) is 2.13. The van der Waals surface area contributed by atoms with Crippen LogP contribution in [-0.4, -0.2) is 55.5 Å². The van der Waals surface area contributed by atoms with Crippen LogP contribution in [0.5, 0.6) is 5.75 Å². The van der Waals surface area contributed by atoms with Gasteiger partial charge in [0.25, 0.3) is 5.91 Å². The molecule has 1 aromatic heterocycles. The van der Waals surface area contributed by atoms with Crippen molar-refractivity contribution in [3.05, 3.63) is 35.4 Å². The molecule has 0 bridgehead atoms. The Kier molecular flexibility index (Phi) is 7.89. The van der Waals surface area contributed by atoms with E-state index >= 15 is 0 Å². The summed E-state index contributed by atoms with van der Waals surface area (Å²) < 4.78 is 9.49. The van der Waals surface area contributed by atoms with Gasteiger partial charge in [-0.25, -0.2) is 4.79 Å². The largest absolute Gasteiger partial charge is 0.497 e. The summed E-state index contributed by atoms with van der Waals surface area (Å²) >= 11 is 2.42. The standard InChI is InChI=1S/C17H23N5O3S2/c1-22(2)8-7-19-17(24)20-15-13(14(18)23)16(21-27-15)26-10-11-5-4-6-12(9-11)25-3/h4-6,9H,7-8,10H2,1-3H3,(H2,18,23)(H2,19,20,24). The Labute approximate surface area is 166 Å². The fraction of sp³-hybridized carbons (Fsp3) is 0.353. The predicted octanol–water partition coefficient (Wildman–Crippen LogP) is 2.23. The summed E-state index contributed by atoms with van der Waals surface area (Å²) in [5.41, 5.74) is 6.76. The summed E-state index contributed by atoms with van der Waals surface area (Å²) in [6.07, 6.45) is 0. The number of nitrogens with one attached hydrogen (secondary N) is 2. The molecule has 4 N–H and O–H groups in total. The molecule has 2 rings (SSSR count). The van der Waals surface area contributed by atoms with Gasteiger partial charge < -0.3 is 20.7 Å². The van der Waals surface area contributed by atoms with E-state index in [2.05, 4.69) is 15.0 Å². The van der Waals surface area contributed by atoms with Gasteiger partial charge in [0.15, 0.2) is 0 Å². The number of primary amides is 1. The van der Waals surface area contributed by atoms with E-state index in [0.29, 0.717) is 28.9 Å². The number of amides is 3. The van der Waals surface area contributed by atoms with Gasteiger partial charge in [0.1, 0.15) is 21.3 Å². The Morgan fingerprint density at radius 1 is 1.37 bits per heavy atom. The number of benzene rings is 1. The molecule has 8 nitrogen and oxygen atoms in total. The molecule has 0 saturated carbocycles. The third kappa shape index (κ3) is 6.42. The SMILES string of the molecule is COc1cccc(CSc2nsc(NC(=O)NCCN(C)C)c2C(N)=O)c1. The molecule has 10 heteroatoms.